The molecule has 0 saturated carbocycles. The van der Waals surface area contributed by atoms with Crippen LogP contribution in [0.25, 0.3) is 0 Å². The maximum atomic E-state index is 3.72. The van der Waals surface area contributed by atoms with Crippen LogP contribution in [0.3, 0.4) is 0 Å². The second kappa shape index (κ2) is 7.35. The first-order valence-electron chi connectivity index (χ1n) is 5.05. The maximum Gasteiger partial charge on any atom is 0.00417 e. The van der Waals surface area contributed by atoms with Crippen LogP contribution >= 0.6 is 0 Å². The zero-order valence-corrected chi connectivity index (χ0v) is 8.77. The van der Waals surface area contributed by atoms with Gasteiger partial charge >= 0.3 is 0 Å². The molecule has 0 amide bonds. The third kappa shape index (κ3) is 6.41. The molecule has 0 aromatic rings. The van der Waals surface area contributed by atoms with Crippen molar-refractivity contribution in [3.8, 4) is 0 Å². The zero-order chi connectivity index (χ0) is 9.40. The lowest BCUT2D eigenvalue weighted by atomic mass is 10.1. The number of nitrogens with one attached hydrogen (secondary N) is 1. The lowest BCUT2D eigenvalue weighted by Crippen LogP contribution is -2.29. The highest BCUT2D eigenvalue weighted by Gasteiger charge is 2.02. The van der Waals surface area contributed by atoms with E-state index in [1.807, 2.05) is 6.08 Å². The van der Waals surface area contributed by atoms with Gasteiger partial charge in [-0.05, 0) is 32.2 Å². The topological polar surface area (TPSA) is 12.0 Å². The lowest BCUT2D eigenvalue weighted by molar-refractivity contribution is 0.440. The standard InChI is InChI=1S/C11H23N/c1-5-7-8-11(4)12-9-10(3)6-2/h5,10-12H,1,6-9H2,2-4H3. The predicted octanol–water partition coefficient (Wildman–Crippen LogP) is 2.98. The van der Waals surface area contributed by atoms with Gasteiger partial charge in [-0.15, -0.1) is 6.58 Å². The molecule has 0 aliphatic rings. The minimum Gasteiger partial charge on any atom is -0.314 e. The fourth-order valence-corrected chi connectivity index (χ4v) is 1.02. The van der Waals surface area contributed by atoms with E-state index in [1.54, 1.807) is 0 Å². The molecule has 1 heteroatoms. The third-order valence-electron chi connectivity index (χ3n) is 2.32. The fourth-order valence-electron chi connectivity index (χ4n) is 1.02. The summed E-state index contributed by atoms with van der Waals surface area (Å²) in [4.78, 5) is 0. The van der Waals surface area contributed by atoms with E-state index in [0.717, 1.165) is 18.9 Å². The highest BCUT2D eigenvalue weighted by Crippen LogP contribution is 2.01. The summed E-state index contributed by atoms with van der Waals surface area (Å²) < 4.78 is 0. The van der Waals surface area contributed by atoms with Crippen molar-refractivity contribution in [2.24, 2.45) is 5.92 Å². The molecule has 1 nitrogen and oxygen atoms in total. The van der Waals surface area contributed by atoms with Gasteiger partial charge in [0.25, 0.3) is 0 Å². The average Bonchev–Trinajstić information content (AvgIpc) is 2.10. The van der Waals surface area contributed by atoms with Gasteiger partial charge in [-0.3, -0.25) is 0 Å². The molecule has 0 fully saturated rings. The fraction of sp³-hybridized carbons (Fsp3) is 0.818. The summed E-state index contributed by atoms with van der Waals surface area (Å²) in [6.07, 6.45) is 5.58. The molecule has 0 heterocycles. The largest absolute Gasteiger partial charge is 0.314 e. The minimum absolute atomic E-state index is 0.636. The molecule has 0 aromatic heterocycles. The zero-order valence-electron chi connectivity index (χ0n) is 8.77. The molecule has 0 rings (SSSR count). The van der Waals surface area contributed by atoms with Crippen LogP contribution in [0.5, 0.6) is 0 Å². The summed E-state index contributed by atoms with van der Waals surface area (Å²) in [5.41, 5.74) is 0. The monoisotopic (exact) mass is 169 g/mol. The van der Waals surface area contributed by atoms with E-state index in [9.17, 15) is 0 Å². The van der Waals surface area contributed by atoms with Gasteiger partial charge in [0.05, 0.1) is 0 Å². The van der Waals surface area contributed by atoms with Gasteiger partial charge in [0.2, 0.25) is 0 Å². The molecule has 2 unspecified atom stereocenters. The molecule has 0 aliphatic heterocycles. The SMILES string of the molecule is C=CCCC(C)NCC(C)CC. The average molecular weight is 169 g/mol. The summed E-state index contributed by atoms with van der Waals surface area (Å²) in [5, 5.41) is 3.52. The van der Waals surface area contributed by atoms with E-state index in [4.69, 9.17) is 0 Å². The number of rotatable bonds is 7. The Balaban J connectivity index is 3.29. The Labute approximate surface area is 77.2 Å². The summed E-state index contributed by atoms with van der Waals surface area (Å²) in [6.45, 7) is 11.6. The second-order valence-electron chi connectivity index (χ2n) is 3.69. The summed E-state index contributed by atoms with van der Waals surface area (Å²) in [6, 6.07) is 0.636. The smallest absolute Gasteiger partial charge is 0.00417 e. The van der Waals surface area contributed by atoms with Gasteiger partial charge in [0.1, 0.15) is 0 Å². The molecule has 0 bridgehead atoms. The van der Waals surface area contributed by atoms with Gasteiger partial charge in [-0.1, -0.05) is 26.3 Å². The molecular weight excluding hydrogens is 146 g/mol. The molecule has 72 valence electrons. The van der Waals surface area contributed by atoms with E-state index in [2.05, 4.69) is 32.7 Å². The van der Waals surface area contributed by atoms with Crippen molar-refractivity contribution in [3.05, 3.63) is 12.7 Å². The van der Waals surface area contributed by atoms with Crippen molar-refractivity contribution in [1.29, 1.82) is 0 Å². The Morgan fingerprint density at radius 2 is 2.08 bits per heavy atom. The van der Waals surface area contributed by atoms with Crippen LogP contribution < -0.4 is 5.32 Å². The van der Waals surface area contributed by atoms with Gasteiger partial charge in [-0.25, -0.2) is 0 Å². The van der Waals surface area contributed by atoms with Crippen LogP contribution in [-0.2, 0) is 0 Å². The highest BCUT2D eigenvalue weighted by molar-refractivity contribution is 4.71. The predicted molar refractivity (Wildman–Crippen MR) is 56.4 cm³/mol. The Hall–Kier alpha value is -0.300. The molecule has 0 radical (unpaired) electrons. The second-order valence-corrected chi connectivity index (χ2v) is 3.69. The first-order chi connectivity index (χ1) is 5.70. The number of hydrogen-bond donors (Lipinski definition) is 1. The molecule has 0 spiro atoms. The summed E-state index contributed by atoms with van der Waals surface area (Å²) in [5.74, 6) is 0.802. The van der Waals surface area contributed by atoms with Crippen LogP contribution in [0.2, 0.25) is 0 Å². The third-order valence-corrected chi connectivity index (χ3v) is 2.32. The van der Waals surface area contributed by atoms with Crippen LogP contribution in [0, 0.1) is 5.92 Å². The van der Waals surface area contributed by atoms with Crippen LogP contribution in [0.1, 0.15) is 40.0 Å². The van der Waals surface area contributed by atoms with Crippen LogP contribution in [0.4, 0.5) is 0 Å². The molecule has 0 saturated heterocycles. The Morgan fingerprint density at radius 1 is 1.42 bits per heavy atom. The first-order valence-corrected chi connectivity index (χ1v) is 5.05. The minimum atomic E-state index is 0.636. The van der Waals surface area contributed by atoms with Crippen molar-refractivity contribution in [2.45, 2.75) is 46.1 Å². The Bertz CT molecular complexity index is 110. The van der Waals surface area contributed by atoms with E-state index in [0.29, 0.717) is 6.04 Å². The van der Waals surface area contributed by atoms with E-state index >= 15 is 0 Å². The molecule has 2 atom stereocenters. The van der Waals surface area contributed by atoms with Gasteiger partial charge in [0.15, 0.2) is 0 Å². The van der Waals surface area contributed by atoms with Crippen molar-refractivity contribution in [3.63, 3.8) is 0 Å². The summed E-state index contributed by atoms with van der Waals surface area (Å²) in [7, 11) is 0. The number of allylic oxidation sites excluding steroid dienone is 1. The van der Waals surface area contributed by atoms with Gasteiger partial charge < -0.3 is 5.32 Å². The molecular formula is C11H23N. The van der Waals surface area contributed by atoms with Crippen molar-refractivity contribution in [1.82, 2.24) is 5.32 Å². The maximum absolute atomic E-state index is 3.72. The van der Waals surface area contributed by atoms with Gasteiger partial charge in [0, 0.05) is 6.04 Å². The van der Waals surface area contributed by atoms with Crippen molar-refractivity contribution >= 4 is 0 Å². The number of hydrogen-bond acceptors (Lipinski definition) is 1. The van der Waals surface area contributed by atoms with Crippen LogP contribution in [-0.4, -0.2) is 12.6 Å². The Kier molecular flexibility index (Phi) is 7.17. The van der Waals surface area contributed by atoms with E-state index in [-0.39, 0.29) is 0 Å². The normalized spacial score (nSPS) is 15.6. The summed E-state index contributed by atoms with van der Waals surface area (Å²) >= 11 is 0. The quantitative estimate of drug-likeness (QED) is 0.578. The molecule has 0 aliphatic carbocycles. The van der Waals surface area contributed by atoms with Gasteiger partial charge in [-0.2, -0.15) is 0 Å². The van der Waals surface area contributed by atoms with E-state index < -0.39 is 0 Å². The lowest BCUT2D eigenvalue weighted by Gasteiger charge is -2.15. The molecule has 1 N–H and O–H groups in total. The van der Waals surface area contributed by atoms with Crippen molar-refractivity contribution < 1.29 is 0 Å². The highest BCUT2D eigenvalue weighted by atomic mass is 14.9. The Morgan fingerprint density at radius 3 is 2.58 bits per heavy atom. The van der Waals surface area contributed by atoms with E-state index in [1.165, 1.54) is 12.8 Å². The van der Waals surface area contributed by atoms with Crippen LogP contribution in [0.15, 0.2) is 12.7 Å². The van der Waals surface area contributed by atoms with Crippen molar-refractivity contribution in [2.75, 3.05) is 6.54 Å². The molecule has 0 aromatic carbocycles. The first kappa shape index (κ1) is 11.7. The molecule has 12 heavy (non-hydrogen) atoms.